The van der Waals surface area contributed by atoms with Crippen molar-refractivity contribution in [1.82, 2.24) is 4.98 Å². The van der Waals surface area contributed by atoms with E-state index in [4.69, 9.17) is 11.6 Å². The van der Waals surface area contributed by atoms with E-state index in [-0.39, 0.29) is 27.5 Å². The topological polar surface area (TPSA) is 62.2 Å². The summed E-state index contributed by atoms with van der Waals surface area (Å²) < 4.78 is 39.4. The summed E-state index contributed by atoms with van der Waals surface area (Å²) in [5.41, 5.74) is 0.0283. The van der Waals surface area contributed by atoms with Gasteiger partial charge in [-0.2, -0.15) is 13.2 Å². The molecule has 0 aliphatic rings. The molecule has 3 aromatic rings. The van der Waals surface area contributed by atoms with E-state index in [2.05, 4.69) is 10.3 Å². The molecule has 8 heteroatoms. The van der Waals surface area contributed by atoms with Gasteiger partial charge >= 0.3 is 12.1 Å². The van der Waals surface area contributed by atoms with Crippen molar-refractivity contribution in [3.8, 4) is 11.3 Å². The summed E-state index contributed by atoms with van der Waals surface area (Å²) in [4.78, 5) is 15.4. The minimum absolute atomic E-state index is 0.0331. The van der Waals surface area contributed by atoms with E-state index in [0.717, 1.165) is 6.07 Å². The maximum atomic E-state index is 13.1. The van der Waals surface area contributed by atoms with E-state index >= 15 is 0 Å². The molecule has 0 radical (unpaired) electrons. The van der Waals surface area contributed by atoms with E-state index in [0.29, 0.717) is 5.69 Å². The van der Waals surface area contributed by atoms with Crippen LogP contribution >= 0.6 is 11.6 Å². The van der Waals surface area contributed by atoms with E-state index in [1.165, 1.54) is 54.7 Å². The van der Waals surface area contributed by atoms with Gasteiger partial charge in [0, 0.05) is 10.6 Å². The van der Waals surface area contributed by atoms with Gasteiger partial charge in [0.05, 0.1) is 34.4 Å². The lowest BCUT2D eigenvalue weighted by Gasteiger charge is -2.13. The third-order valence-electron chi connectivity index (χ3n) is 3.76. The number of aromatic nitrogens is 1. The van der Waals surface area contributed by atoms with E-state index < -0.39 is 17.7 Å². The van der Waals surface area contributed by atoms with Crippen molar-refractivity contribution in [2.45, 2.75) is 6.18 Å². The largest absolute Gasteiger partial charge is 0.478 e. The molecule has 0 unspecified atom stereocenters. The van der Waals surface area contributed by atoms with Crippen LogP contribution in [0.5, 0.6) is 0 Å². The van der Waals surface area contributed by atoms with Gasteiger partial charge in [-0.25, -0.2) is 4.79 Å². The normalized spacial score (nSPS) is 11.3. The second kappa shape index (κ2) is 7.28. The monoisotopic (exact) mass is 392 g/mol. The third-order valence-corrected chi connectivity index (χ3v) is 4.00. The number of hydrogen-bond acceptors (Lipinski definition) is 3. The maximum absolute atomic E-state index is 13.1. The Morgan fingerprint density at radius 1 is 1.07 bits per heavy atom. The molecular formula is C19H12ClF3N2O2. The number of rotatable bonds is 4. The van der Waals surface area contributed by atoms with Gasteiger partial charge < -0.3 is 10.4 Å². The molecule has 138 valence electrons. The van der Waals surface area contributed by atoms with Crippen molar-refractivity contribution >= 4 is 28.9 Å². The number of anilines is 2. The lowest BCUT2D eigenvalue weighted by Crippen LogP contribution is -2.07. The highest BCUT2D eigenvalue weighted by atomic mass is 35.5. The van der Waals surface area contributed by atoms with Crippen LogP contribution in [0.1, 0.15) is 15.9 Å². The third kappa shape index (κ3) is 4.20. The number of carbonyl (C=O) groups is 1. The molecule has 0 saturated heterocycles. The first kappa shape index (κ1) is 18.7. The second-order valence-electron chi connectivity index (χ2n) is 5.60. The molecule has 0 spiro atoms. The predicted octanol–water partition coefficient (Wildman–Crippen LogP) is 5.86. The van der Waals surface area contributed by atoms with E-state index in [1.807, 2.05) is 0 Å². The summed E-state index contributed by atoms with van der Waals surface area (Å²) >= 11 is 5.81. The molecule has 4 nitrogen and oxygen atoms in total. The van der Waals surface area contributed by atoms with Crippen LogP contribution in [0, 0.1) is 0 Å². The molecule has 0 saturated carbocycles. The van der Waals surface area contributed by atoms with Gasteiger partial charge in [-0.3, -0.25) is 4.98 Å². The van der Waals surface area contributed by atoms with Gasteiger partial charge in [0.2, 0.25) is 0 Å². The van der Waals surface area contributed by atoms with Crippen LogP contribution in [0.3, 0.4) is 0 Å². The first-order valence-electron chi connectivity index (χ1n) is 7.68. The van der Waals surface area contributed by atoms with E-state index in [1.54, 1.807) is 0 Å². The summed E-state index contributed by atoms with van der Waals surface area (Å²) in [5.74, 6) is -1.16. The van der Waals surface area contributed by atoms with Crippen LogP contribution < -0.4 is 5.32 Å². The highest BCUT2D eigenvalue weighted by Crippen LogP contribution is 2.36. The van der Waals surface area contributed by atoms with E-state index in [9.17, 15) is 23.1 Å². The zero-order valence-corrected chi connectivity index (χ0v) is 14.3. The summed E-state index contributed by atoms with van der Waals surface area (Å²) in [5, 5.41) is 12.4. The Hall–Kier alpha value is -3.06. The van der Waals surface area contributed by atoms with Crippen molar-refractivity contribution in [2.24, 2.45) is 0 Å². The predicted molar refractivity (Wildman–Crippen MR) is 96.4 cm³/mol. The van der Waals surface area contributed by atoms with Crippen LogP contribution in [0.25, 0.3) is 11.3 Å². The zero-order valence-electron chi connectivity index (χ0n) is 13.6. The molecule has 2 N–H and O–H groups in total. The van der Waals surface area contributed by atoms with Crippen molar-refractivity contribution in [3.63, 3.8) is 0 Å². The van der Waals surface area contributed by atoms with Crippen LogP contribution in [0.15, 0.2) is 60.8 Å². The van der Waals surface area contributed by atoms with Gasteiger partial charge in [0.25, 0.3) is 0 Å². The molecule has 27 heavy (non-hydrogen) atoms. The highest BCUT2D eigenvalue weighted by molar-refractivity contribution is 6.31. The quantitative estimate of drug-likeness (QED) is 0.583. The fourth-order valence-electron chi connectivity index (χ4n) is 2.54. The molecule has 2 aromatic carbocycles. The zero-order chi connectivity index (χ0) is 19.6. The molecule has 3 rings (SSSR count). The van der Waals surface area contributed by atoms with Gasteiger partial charge in [-0.05, 0) is 36.4 Å². The molecule has 0 atom stereocenters. The minimum atomic E-state index is -4.49. The number of halogens is 4. The summed E-state index contributed by atoms with van der Waals surface area (Å²) in [6.07, 6.45) is -3.16. The Bertz CT molecular complexity index is 989. The number of benzene rings is 2. The van der Waals surface area contributed by atoms with Gasteiger partial charge in [0.1, 0.15) is 0 Å². The van der Waals surface area contributed by atoms with Crippen molar-refractivity contribution in [1.29, 1.82) is 0 Å². The number of carboxylic acid groups (broad SMARTS) is 1. The van der Waals surface area contributed by atoms with Gasteiger partial charge in [-0.15, -0.1) is 0 Å². The Kier molecular flexibility index (Phi) is 5.05. The fraction of sp³-hybridized carbons (Fsp3) is 0.0526. The van der Waals surface area contributed by atoms with Crippen LogP contribution in [-0.2, 0) is 6.18 Å². The summed E-state index contributed by atoms with van der Waals surface area (Å²) in [6.45, 7) is 0. The maximum Gasteiger partial charge on any atom is 0.417 e. The number of carboxylic acids is 1. The number of pyridine rings is 1. The second-order valence-corrected chi connectivity index (χ2v) is 6.03. The first-order chi connectivity index (χ1) is 12.8. The molecule has 1 aromatic heterocycles. The molecule has 0 fully saturated rings. The molecule has 0 aliphatic carbocycles. The minimum Gasteiger partial charge on any atom is -0.478 e. The fourth-order valence-corrected chi connectivity index (χ4v) is 2.71. The lowest BCUT2D eigenvalue weighted by atomic mass is 10.0. The SMILES string of the molecule is O=C(O)c1cc(Cl)ccc1Nc1ccc(-c2ccccc2C(F)(F)F)nc1. The van der Waals surface area contributed by atoms with Gasteiger partial charge in [-0.1, -0.05) is 29.8 Å². The Morgan fingerprint density at radius 2 is 1.81 bits per heavy atom. The highest BCUT2D eigenvalue weighted by Gasteiger charge is 2.33. The van der Waals surface area contributed by atoms with Crippen LogP contribution in [0.2, 0.25) is 5.02 Å². The summed E-state index contributed by atoms with van der Waals surface area (Å²) in [6, 6.07) is 12.4. The molecule has 1 heterocycles. The molecule has 0 bridgehead atoms. The van der Waals surface area contributed by atoms with Gasteiger partial charge in [0.15, 0.2) is 0 Å². The van der Waals surface area contributed by atoms with Crippen molar-refractivity contribution in [2.75, 3.05) is 5.32 Å². The van der Waals surface area contributed by atoms with Crippen LogP contribution in [0.4, 0.5) is 24.5 Å². The Morgan fingerprint density at radius 3 is 2.44 bits per heavy atom. The standard InChI is InChI=1S/C19H12ClF3N2O2/c20-11-5-7-17(14(9-11)18(26)27)25-12-6-8-16(24-10-12)13-3-1-2-4-15(13)19(21,22)23/h1-10,25H,(H,26,27). The number of nitrogens with zero attached hydrogens (tertiary/aromatic N) is 1. The van der Waals surface area contributed by atoms with Crippen molar-refractivity contribution < 1.29 is 23.1 Å². The average molecular weight is 393 g/mol. The number of hydrogen-bond donors (Lipinski definition) is 2. The Balaban J connectivity index is 1.91. The summed E-state index contributed by atoms with van der Waals surface area (Å²) in [7, 11) is 0. The van der Waals surface area contributed by atoms with Crippen LogP contribution in [-0.4, -0.2) is 16.1 Å². The lowest BCUT2D eigenvalue weighted by molar-refractivity contribution is -0.137. The first-order valence-corrected chi connectivity index (χ1v) is 8.06. The number of aromatic carboxylic acids is 1. The molecule has 0 amide bonds. The van der Waals surface area contributed by atoms with Crippen molar-refractivity contribution in [3.05, 3.63) is 76.9 Å². The molecular weight excluding hydrogens is 381 g/mol. The number of nitrogens with one attached hydrogen (secondary N) is 1. The smallest absolute Gasteiger partial charge is 0.417 e. The molecule has 0 aliphatic heterocycles. The Labute approximate surface area is 157 Å². The average Bonchev–Trinajstić information content (AvgIpc) is 2.63. The number of alkyl halides is 3.